The molecule has 0 radical (unpaired) electrons. The van der Waals surface area contributed by atoms with E-state index in [9.17, 15) is 18.0 Å². The third kappa shape index (κ3) is 5.00. The van der Waals surface area contributed by atoms with Crippen LogP contribution in [0.15, 0.2) is 83.8 Å². The number of hydrogen-bond donors (Lipinski definition) is 0. The number of hydrogen-bond acceptors (Lipinski definition) is 5. The summed E-state index contributed by atoms with van der Waals surface area (Å²) in [5, 5.41) is 0.0263. The summed E-state index contributed by atoms with van der Waals surface area (Å²) in [6, 6.07) is 21.2. The van der Waals surface area contributed by atoms with Gasteiger partial charge in [-0.3, -0.25) is 4.79 Å². The van der Waals surface area contributed by atoms with E-state index in [4.69, 9.17) is 16.3 Å². The summed E-state index contributed by atoms with van der Waals surface area (Å²) < 4.78 is 33.0. The highest BCUT2D eigenvalue weighted by atomic mass is 35.5. The Morgan fingerprint density at radius 3 is 2.09 bits per heavy atom. The first kappa shape index (κ1) is 23.2. The van der Waals surface area contributed by atoms with Crippen LogP contribution in [0.3, 0.4) is 0 Å². The number of carbonyl (C=O) groups excluding carboxylic acids is 2. The molecular weight excluding hydrogens is 462 g/mol. The van der Waals surface area contributed by atoms with Crippen LogP contribution < -0.4 is 0 Å². The number of sulfonamides is 1. The second kappa shape index (κ2) is 9.87. The fourth-order valence-corrected chi connectivity index (χ4v) is 5.74. The average Bonchev–Trinajstić information content (AvgIpc) is 3.39. The van der Waals surface area contributed by atoms with Gasteiger partial charge >= 0.3 is 5.97 Å². The zero-order valence-corrected chi connectivity index (χ0v) is 19.3. The van der Waals surface area contributed by atoms with Crippen LogP contribution >= 0.6 is 11.6 Å². The van der Waals surface area contributed by atoms with Crippen molar-refractivity contribution < 1.29 is 22.7 Å². The maximum atomic E-state index is 13.2. The lowest BCUT2D eigenvalue weighted by Crippen LogP contribution is -2.28. The minimum absolute atomic E-state index is 0.000959. The highest BCUT2D eigenvalue weighted by Crippen LogP contribution is 2.30. The molecule has 170 valence electrons. The van der Waals surface area contributed by atoms with Gasteiger partial charge in [0.25, 0.3) is 0 Å². The first-order valence-corrected chi connectivity index (χ1v) is 12.3. The zero-order chi connectivity index (χ0) is 23.4. The van der Waals surface area contributed by atoms with Gasteiger partial charge in [-0.1, -0.05) is 72.3 Å². The maximum Gasteiger partial charge on any atom is 0.339 e. The fraction of sp³-hybridized carbons (Fsp3) is 0.200. The van der Waals surface area contributed by atoms with Crippen molar-refractivity contribution in [3.8, 4) is 0 Å². The van der Waals surface area contributed by atoms with Gasteiger partial charge in [-0.15, -0.1) is 0 Å². The number of Topliss-reactive ketones (excluding diaryl/α,β-unsaturated/α-hetero) is 1. The molecule has 1 atom stereocenters. The number of esters is 1. The third-order valence-electron chi connectivity index (χ3n) is 5.47. The fourth-order valence-electron chi connectivity index (χ4n) is 3.73. The van der Waals surface area contributed by atoms with Gasteiger partial charge in [0.15, 0.2) is 6.10 Å². The highest BCUT2D eigenvalue weighted by Gasteiger charge is 2.31. The van der Waals surface area contributed by atoms with Crippen molar-refractivity contribution in [1.29, 1.82) is 0 Å². The number of ketones is 1. The van der Waals surface area contributed by atoms with E-state index < -0.39 is 22.1 Å². The molecule has 0 amide bonds. The summed E-state index contributed by atoms with van der Waals surface area (Å²) in [4.78, 5) is 26.1. The molecule has 6 nitrogen and oxygen atoms in total. The van der Waals surface area contributed by atoms with Crippen molar-refractivity contribution in [3.05, 3.63) is 101 Å². The van der Waals surface area contributed by atoms with Gasteiger partial charge in [0.1, 0.15) is 4.90 Å². The molecule has 1 saturated heterocycles. The van der Waals surface area contributed by atoms with Crippen molar-refractivity contribution in [2.45, 2.75) is 23.8 Å². The Kier molecular flexibility index (Phi) is 6.93. The van der Waals surface area contributed by atoms with E-state index in [2.05, 4.69) is 0 Å². The van der Waals surface area contributed by atoms with E-state index in [-0.39, 0.29) is 21.3 Å². The van der Waals surface area contributed by atoms with Crippen LogP contribution in [0, 0.1) is 0 Å². The molecule has 0 N–H and O–H groups in total. The highest BCUT2D eigenvalue weighted by molar-refractivity contribution is 7.89. The smallest absolute Gasteiger partial charge is 0.339 e. The van der Waals surface area contributed by atoms with E-state index >= 15 is 0 Å². The maximum absolute atomic E-state index is 13.2. The van der Waals surface area contributed by atoms with Crippen molar-refractivity contribution in [2.24, 2.45) is 0 Å². The summed E-state index contributed by atoms with van der Waals surface area (Å²) in [6.07, 6.45) is 0.369. The standard InChI is InChI=1S/C25H22ClNO5S/c26-21-14-13-20(17-22(21)33(30,31)27-15-7-8-16-27)25(29)32-24(19-11-5-2-6-12-19)23(28)18-9-3-1-4-10-18/h1-6,9-14,17,24H,7-8,15-16H2. The lowest BCUT2D eigenvalue weighted by molar-refractivity contribution is 0.0280. The van der Waals surface area contributed by atoms with Crippen LogP contribution in [0.5, 0.6) is 0 Å². The van der Waals surface area contributed by atoms with E-state index in [0.29, 0.717) is 24.2 Å². The summed E-state index contributed by atoms with van der Waals surface area (Å²) in [5.74, 6) is -1.20. The van der Waals surface area contributed by atoms with Gasteiger partial charge in [-0.05, 0) is 31.0 Å². The molecule has 33 heavy (non-hydrogen) atoms. The van der Waals surface area contributed by atoms with Gasteiger partial charge in [0.05, 0.1) is 10.6 Å². The van der Waals surface area contributed by atoms with Gasteiger partial charge < -0.3 is 4.74 Å². The summed E-state index contributed by atoms with van der Waals surface area (Å²) in [5.41, 5.74) is 0.908. The molecule has 1 unspecified atom stereocenters. The van der Waals surface area contributed by atoms with Crippen molar-refractivity contribution in [1.82, 2.24) is 4.31 Å². The van der Waals surface area contributed by atoms with E-state index in [0.717, 1.165) is 12.8 Å². The molecule has 0 bridgehead atoms. The van der Waals surface area contributed by atoms with Crippen LogP contribution in [0.1, 0.15) is 45.2 Å². The molecule has 1 fully saturated rings. The van der Waals surface area contributed by atoms with Crippen LogP contribution in [0.2, 0.25) is 5.02 Å². The topological polar surface area (TPSA) is 80.8 Å². The lowest BCUT2D eigenvalue weighted by atomic mass is 10.00. The number of carbonyl (C=O) groups is 2. The molecule has 1 heterocycles. The Hall–Kier alpha value is -3.00. The summed E-state index contributed by atoms with van der Waals surface area (Å²) in [6.45, 7) is 0.823. The Morgan fingerprint density at radius 2 is 1.45 bits per heavy atom. The van der Waals surface area contributed by atoms with Gasteiger partial charge in [0.2, 0.25) is 15.8 Å². The van der Waals surface area contributed by atoms with Crippen LogP contribution in [0.25, 0.3) is 0 Å². The number of halogens is 1. The molecule has 0 saturated carbocycles. The second-order valence-electron chi connectivity index (χ2n) is 7.68. The minimum atomic E-state index is -3.84. The van der Waals surface area contributed by atoms with Gasteiger partial charge in [-0.25, -0.2) is 13.2 Å². The molecule has 0 aliphatic carbocycles. The molecule has 4 rings (SSSR count). The predicted octanol–water partition coefficient (Wildman–Crippen LogP) is 4.91. The van der Waals surface area contributed by atoms with Gasteiger partial charge in [0, 0.05) is 24.2 Å². The van der Waals surface area contributed by atoms with E-state index in [1.54, 1.807) is 60.7 Å². The summed E-state index contributed by atoms with van der Waals surface area (Å²) >= 11 is 6.18. The molecular formula is C25H22ClNO5S. The molecule has 8 heteroatoms. The van der Waals surface area contributed by atoms with Crippen molar-refractivity contribution in [2.75, 3.05) is 13.1 Å². The average molecular weight is 484 g/mol. The minimum Gasteiger partial charge on any atom is -0.445 e. The van der Waals surface area contributed by atoms with Crippen molar-refractivity contribution in [3.63, 3.8) is 0 Å². The third-order valence-corrected chi connectivity index (χ3v) is 7.85. The number of ether oxygens (including phenoxy) is 1. The lowest BCUT2D eigenvalue weighted by Gasteiger charge is -2.19. The quantitative estimate of drug-likeness (QED) is 0.352. The Balaban J connectivity index is 1.65. The number of benzene rings is 3. The molecule has 0 spiro atoms. The Morgan fingerprint density at radius 1 is 0.848 bits per heavy atom. The van der Waals surface area contributed by atoms with E-state index in [1.165, 1.54) is 22.5 Å². The van der Waals surface area contributed by atoms with Crippen LogP contribution in [-0.2, 0) is 14.8 Å². The Labute approximate surface area is 197 Å². The first-order valence-electron chi connectivity index (χ1n) is 10.5. The first-order chi connectivity index (χ1) is 15.9. The van der Waals surface area contributed by atoms with Crippen LogP contribution in [0.4, 0.5) is 0 Å². The molecule has 1 aliphatic heterocycles. The van der Waals surface area contributed by atoms with E-state index in [1.807, 2.05) is 0 Å². The zero-order valence-electron chi connectivity index (χ0n) is 17.7. The molecule has 3 aromatic carbocycles. The predicted molar refractivity (Wildman–Crippen MR) is 125 cm³/mol. The summed E-state index contributed by atoms with van der Waals surface area (Å²) in [7, 11) is -3.84. The molecule has 3 aromatic rings. The SMILES string of the molecule is O=C(OC(C(=O)c1ccccc1)c1ccccc1)c1ccc(Cl)c(S(=O)(=O)N2CCCC2)c1. The Bertz CT molecular complexity index is 1260. The molecule has 0 aromatic heterocycles. The van der Waals surface area contributed by atoms with Gasteiger partial charge in [-0.2, -0.15) is 4.31 Å². The number of rotatable bonds is 7. The second-order valence-corrected chi connectivity index (χ2v) is 10.00. The molecule has 1 aliphatic rings. The van der Waals surface area contributed by atoms with Crippen molar-refractivity contribution >= 4 is 33.4 Å². The number of nitrogens with zero attached hydrogens (tertiary/aromatic N) is 1. The largest absolute Gasteiger partial charge is 0.445 e. The monoisotopic (exact) mass is 483 g/mol. The van der Waals surface area contributed by atoms with Crippen LogP contribution in [-0.4, -0.2) is 37.6 Å². The normalized spacial score (nSPS) is 15.2.